The highest BCUT2D eigenvalue weighted by atomic mass is 19.1. The Morgan fingerprint density at radius 2 is 1.97 bits per heavy atom. The van der Waals surface area contributed by atoms with Crippen LogP contribution in [-0.4, -0.2) is 66.7 Å². The minimum atomic E-state index is -1.14. The summed E-state index contributed by atoms with van der Waals surface area (Å²) in [5, 5.41) is 7.51. The highest BCUT2D eigenvalue weighted by Crippen LogP contribution is 2.20. The molecule has 2 unspecified atom stereocenters. The summed E-state index contributed by atoms with van der Waals surface area (Å²) in [7, 11) is 0. The highest BCUT2D eigenvalue weighted by Gasteiger charge is 2.31. The Morgan fingerprint density at radius 1 is 1.21 bits per heavy atom. The number of aromatic amines is 1. The van der Waals surface area contributed by atoms with Crippen LogP contribution in [0.1, 0.15) is 23.3 Å². The second-order valence-electron chi connectivity index (χ2n) is 7.68. The van der Waals surface area contributed by atoms with Crippen molar-refractivity contribution in [3.8, 4) is 0 Å². The van der Waals surface area contributed by atoms with E-state index in [-0.39, 0.29) is 28.9 Å². The first kappa shape index (κ1) is 24.8. The molecule has 1 aromatic heterocycles. The molecule has 0 bridgehead atoms. The molecule has 2 aromatic rings. The smallest absolute Gasteiger partial charge is 0.320 e. The molecule has 1 saturated heterocycles. The molecule has 3 rings (SSSR count). The quantitative estimate of drug-likeness (QED) is 0.279. The second kappa shape index (κ2) is 10.8. The van der Waals surface area contributed by atoms with Crippen molar-refractivity contribution < 1.29 is 37.5 Å². The molecule has 13 heteroatoms. The van der Waals surface area contributed by atoms with Crippen LogP contribution in [-0.2, 0) is 23.9 Å². The van der Waals surface area contributed by atoms with Crippen molar-refractivity contribution in [1.29, 1.82) is 0 Å². The number of halogens is 2. The summed E-state index contributed by atoms with van der Waals surface area (Å²) in [4.78, 5) is 62.8. The summed E-state index contributed by atoms with van der Waals surface area (Å²) >= 11 is 0. The van der Waals surface area contributed by atoms with Crippen LogP contribution in [0.25, 0.3) is 10.9 Å². The number of aromatic nitrogens is 1. The summed E-state index contributed by atoms with van der Waals surface area (Å²) in [5.74, 6) is -5.42. The molecule has 1 fully saturated rings. The number of fused-ring (bicyclic) bond motifs is 1. The molecule has 2 atom stereocenters. The van der Waals surface area contributed by atoms with Gasteiger partial charge in [0.25, 0.3) is 5.91 Å². The summed E-state index contributed by atoms with van der Waals surface area (Å²) < 4.78 is 31.9. The van der Waals surface area contributed by atoms with E-state index in [0.717, 1.165) is 6.07 Å². The van der Waals surface area contributed by atoms with Gasteiger partial charge >= 0.3 is 5.97 Å². The summed E-state index contributed by atoms with van der Waals surface area (Å²) in [6, 6.07) is 1.80. The molecule has 34 heavy (non-hydrogen) atoms. The van der Waals surface area contributed by atoms with Gasteiger partial charge in [-0.25, -0.2) is 8.78 Å². The Bertz CT molecular complexity index is 1130. The normalized spacial score (nSPS) is 16.1. The van der Waals surface area contributed by atoms with Gasteiger partial charge in [0.1, 0.15) is 17.3 Å². The van der Waals surface area contributed by atoms with E-state index in [2.05, 4.69) is 20.9 Å². The zero-order valence-electron chi connectivity index (χ0n) is 17.9. The van der Waals surface area contributed by atoms with Gasteiger partial charge in [0.15, 0.2) is 12.4 Å². The average Bonchev–Trinajstić information content (AvgIpc) is 3.41. The topological polar surface area (TPSA) is 172 Å². The van der Waals surface area contributed by atoms with Crippen molar-refractivity contribution in [2.75, 3.05) is 26.2 Å². The average molecular weight is 479 g/mol. The Hall–Kier alpha value is -3.87. The number of ketones is 1. The first-order valence-corrected chi connectivity index (χ1v) is 10.4. The number of rotatable bonds is 10. The maximum absolute atomic E-state index is 13.8. The summed E-state index contributed by atoms with van der Waals surface area (Å²) in [6.45, 7) is -1.18. The molecule has 1 aliphatic rings. The monoisotopic (exact) mass is 479 g/mol. The van der Waals surface area contributed by atoms with Gasteiger partial charge in [0.2, 0.25) is 11.8 Å². The van der Waals surface area contributed by atoms with Crippen LogP contribution in [0.3, 0.4) is 0 Å². The Balaban J connectivity index is 1.60. The fourth-order valence-corrected chi connectivity index (χ4v) is 3.53. The van der Waals surface area contributed by atoms with E-state index in [1.807, 2.05) is 0 Å². The van der Waals surface area contributed by atoms with Gasteiger partial charge in [-0.1, -0.05) is 0 Å². The molecule has 0 spiro atoms. The number of hydrogen-bond donors (Lipinski definition) is 5. The predicted molar refractivity (Wildman–Crippen MR) is 113 cm³/mol. The minimum Gasteiger partial charge on any atom is -0.457 e. The van der Waals surface area contributed by atoms with Crippen molar-refractivity contribution >= 4 is 40.4 Å². The summed E-state index contributed by atoms with van der Waals surface area (Å²) in [5.41, 5.74) is 4.96. The van der Waals surface area contributed by atoms with Crippen LogP contribution >= 0.6 is 0 Å². The number of nitrogens with two attached hydrogens (primary N) is 1. The van der Waals surface area contributed by atoms with Crippen LogP contribution in [0.5, 0.6) is 0 Å². The molecule has 3 amide bonds. The lowest BCUT2D eigenvalue weighted by Crippen LogP contribution is -2.48. The molecule has 11 nitrogen and oxygen atoms in total. The van der Waals surface area contributed by atoms with Crippen LogP contribution < -0.4 is 21.7 Å². The van der Waals surface area contributed by atoms with E-state index in [9.17, 15) is 32.8 Å². The van der Waals surface area contributed by atoms with Gasteiger partial charge < -0.3 is 31.4 Å². The van der Waals surface area contributed by atoms with Crippen molar-refractivity contribution in [2.24, 2.45) is 11.7 Å². The lowest BCUT2D eigenvalue weighted by Gasteiger charge is -2.20. The van der Waals surface area contributed by atoms with Crippen LogP contribution in [0.4, 0.5) is 8.78 Å². The van der Waals surface area contributed by atoms with E-state index in [4.69, 9.17) is 10.5 Å². The third-order valence-electron chi connectivity index (χ3n) is 5.25. The van der Waals surface area contributed by atoms with E-state index >= 15 is 0 Å². The fourth-order valence-electron chi connectivity index (χ4n) is 3.53. The molecule has 2 heterocycles. The molecule has 182 valence electrons. The number of Topliss-reactive ketones (excluding diaryl/α,β-unsaturated/α-hetero) is 1. The number of amides is 3. The third kappa shape index (κ3) is 6.13. The van der Waals surface area contributed by atoms with Crippen LogP contribution in [0.2, 0.25) is 0 Å². The number of carbonyl (C=O) groups excluding carboxylic acids is 5. The molecule has 1 aliphatic heterocycles. The van der Waals surface area contributed by atoms with Crippen LogP contribution in [0, 0.1) is 17.6 Å². The highest BCUT2D eigenvalue weighted by molar-refractivity contribution is 6.00. The number of carbonyl (C=O) groups is 5. The van der Waals surface area contributed by atoms with Crippen molar-refractivity contribution in [3.05, 3.63) is 35.5 Å². The Morgan fingerprint density at radius 3 is 2.65 bits per heavy atom. The first-order chi connectivity index (χ1) is 16.2. The van der Waals surface area contributed by atoms with E-state index in [1.54, 1.807) is 0 Å². The Kier molecular flexibility index (Phi) is 7.89. The number of hydrogen-bond acceptors (Lipinski definition) is 7. The largest absolute Gasteiger partial charge is 0.457 e. The number of esters is 1. The molecule has 0 radical (unpaired) electrons. The SMILES string of the molecule is NCC(=O)OCC(=O)C(CC1CCNC1=O)NC(=O)CNC(=O)c1cc2cc(F)cc(F)c2[nH]1. The maximum Gasteiger partial charge on any atom is 0.320 e. The minimum absolute atomic E-state index is 0.0165. The lowest BCUT2D eigenvalue weighted by molar-refractivity contribution is -0.147. The van der Waals surface area contributed by atoms with Gasteiger partial charge in [-0.15, -0.1) is 0 Å². The second-order valence-corrected chi connectivity index (χ2v) is 7.68. The zero-order valence-corrected chi connectivity index (χ0v) is 17.9. The molecule has 0 aliphatic carbocycles. The van der Waals surface area contributed by atoms with Gasteiger partial charge in [-0.05, 0) is 25.0 Å². The van der Waals surface area contributed by atoms with Crippen molar-refractivity contribution in [2.45, 2.75) is 18.9 Å². The lowest BCUT2D eigenvalue weighted by atomic mass is 9.96. The van der Waals surface area contributed by atoms with Gasteiger partial charge in [-0.3, -0.25) is 24.0 Å². The predicted octanol–water partition coefficient (Wildman–Crippen LogP) is -0.742. The molecular weight excluding hydrogens is 456 g/mol. The van der Waals surface area contributed by atoms with E-state index in [0.29, 0.717) is 19.0 Å². The van der Waals surface area contributed by atoms with Gasteiger partial charge in [-0.2, -0.15) is 0 Å². The molecule has 0 saturated carbocycles. The number of ether oxygens (including phenoxy) is 1. The van der Waals surface area contributed by atoms with E-state index in [1.165, 1.54) is 6.07 Å². The summed E-state index contributed by atoms with van der Waals surface area (Å²) in [6.07, 6.45) is 0.451. The molecular formula is C21H23F2N5O6. The fraction of sp³-hybridized carbons (Fsp3) is 0.381. The standard InChI is InChI=1S/C21H23F2N5O6/c22-12-3-11-5-15(28-19(11)13(23)6-12)21(33)26-8-17(30)27-14(4-10-1-2-25-20(10)32)16(29)9-34-18(31)7-24/h3,5-6,10,14,28H,1-2,4,7-9,24H2,(H,25,32)(H,26,33)(H,27,30). The molecule has 6 N–H and O–H groups in total. The molecule has 1 aromatic carbocycles. The number of nitrogens with one attached hydrogen (secondary N) is 4. The van der Waals surface area contributed by atoms with Gasteiger partial charge in [0, 0.05) is 23.9 Å². The maximum atomic E-state index is 13.8. The Labute approximate surface area is 191 Å². The number of H-pyrrole nitrogens is 1. The van der Waals surface area contributed by atoms with Crippen LogP contribution in [0.15, 0.2) is 18.2 Å². The van der Waals surface area contributed by atoms with Gasteiger partial charge in [0.05, 0.1) is 24.6 Å². The zero-order chi connectivity index (χ0) is 24.8. The van der Waals surface area contributed by atoms with E-state index < -0.39 is 66.9 Å². The first-order valence-electron chi connectivity index (χ1n) is 10.4. The third-order valence-corrected chi connectivity index (χ3v) is 5.25. The number of benzene rings is 1. The van der Waals surface area contributed by atoms with Crippen molar-refractivity contribution in [3.63, 3.8) is 0 Å². The van der Waals surface area contributed by atoms with Crippen molar-refractivity contribution in [1.82, 2.24) is 20.9 Å².